The van der Waals surface area contributed by atoms with Gasteiger partial charge in [0.15, 0.2) is 0 Å². The summed E-state index contributed by atoms with van der Waals surface area (Å²) in [4.78, 5) is 13.9. The van der Waals surface area contributed by atoms with Crippen LogP contribution < -0.4 is 29.4 Å². The molecule has 0 bridgehead atoms. The first-order valence-corrected chi connectivity index (χ1v) is 10.2. The molecule has 0 aliphatic carbocycles. The molecule has 2 aliphatic heterocycles. The van der Waals surface area contributed by atoms with Crippen molar-refractivity contribution in [3.05, 3.63) is 35.9 Å². The molecule has 2 aliphatic rings. The normalized spacial score (nSPS) is 16.3. The molecule has 0 atom stereocenters. The van der Waals surface area contributed by atoms with Gasteiger partial charge in [-0.3, -0.25) is 0 Å². The van der Waals surface area contributed by atoms with Crippen LogP contribution >= 0.6 is 0 Å². The van der Waals surface area contributed by atoms with Crippen LogP contribution in [0.4, 0.5) is 34.1 Å². The van der Waals surface area contributed by atoms with Crippen molar-refractivity contribution < 1.29 is 0 Å². The van der Waals surface area contributed by atoms with Gasteiger partial charge in [-0.1, -0.05) is 6.07 Å². The van der Waals surface area contributed by atoms with Crippen LogP contribution in [-0.4, -0.2) is 69.5 Å². The SMILES string of the molecule is CN(C)c1ccc(C2N(C)c3cc4c(cc3N2C)N(C)CCN4C)c(N(C)C)c1. The van der Waals surface area contributed by atoms with E-state index in [0.717, 1.165) is 13.1 Å². The standard InChI is InChI=1S/C23H34N6/c1-24(2)16-9-10-17(18(13-16)25(3)4)23-28(7)21-14-19-20(15-22(21)29(23)8)27(6)12-11-26(19)5/h9-10,13-15,23H,11-12H2,1-8H3. The number of rotatable bonds is 3. The average Bonchev–Trinajstić information content (AvgIpc) is 2.93. The van der Waals surface area contributed by atoms with Gasteiger partial charge in [0.05, 0.1) is 22.7 Å². The van der Waals surface area contributed by atoms with E-state index in [1.807, 2.05) is 0 Å². The first-order valence-electron chi connectivity index (χ1n) is 10.2. The quantitative estimate of drug-likeness (QED) is 0.790. The summed E-state index contributed by atoms with van der Waals surface area (Å²) in [5, 5.41) is 0. The van der Waals surface area contributed by atoms with E-state index in [2.05, 4.69) is 116 Å². The highest BCUT2D eigenvalue weighted by atomic mass is 15.4. The fraction of sp³-hybridized carbons (Fsp3) is 0.478. The van der Waals surface area contributed by atoms with Gasteiger partial charge < -0.3 is 29.4 Å². The summed E-state index contributed by atoms with van der Waals surface area (Å²) in [5.74, 6) is 0. The molecule has 2 aromatic rings. The average molecular weight is 395 g/mol. The van der Waals surface area contributed by atoms with E-state index >= 15 is 0 Å². The number of benzene rings is 2. The number of hydrogen-bond acceptors (Lipinski definition) is 6. The van der Waals surface area contributed by atoms with Gasteiger partial charge in [0.1, 0.15) is 6.17 Å². The lowest BCUT2D eigenvalue weighted by Gasteiger charge is -2.35. The van der Waals surface area contributed by atoms with Crippen molar-refractivity contribution >= 4 is 34.1 Å². The Bertz CT molecular complexity index is 879. The Kier molecular flexibility index (Phi) is 4.68. The number of nitrogens with zero attached hydrogens (tertiary/aromatic N) is 6. The second-order valence-corrected chi connectivity index (χ2v) is 8.80. The first kappa shape index (κ1) is 19.6. The van der Waals surface area contributed by atoms with Crippen LogP contribution in [0.3, 0.4) is 0 Å². The highest BCUT2D eigenvalue weighted by Gasteiger charge is 2.36. The molecule has 0 unspecified atom stereocenters. The van der Waals surface area contributed by atoms with Gasteiger partial charge in [0.2, 0.25) is 0 Å². The van der Waals surface area contributed by atoms with E-state index in [1.165, 1.54) is 39.7 Å². The third-order valence-electron chi connectivity index (χ3n) is 6.45. The molecule has 0 radical (unpaired) electrons. The second kappa shape index (κ2) is 6.94. The Hall–Kier alpha value is -2.76. The molecule has 2 heterocycles. The maximum Gasteiger partial charge on any atom is 0.130 e. The molecule has 0 saturated heterocycles. The molecule has 6 heteroatoms. The predicted octanol–water partition coefficient (Wildman–Crippen LogP) is 3.29. The van der Waals surface area contributed by atoms with E-state index in [0.29, 0.717) is 0 Å². The van der Waals surface area contributed by atoms with E-state index in [1.54, 1.807) is 0 Å². The molecule has 0 amide bonds. The van der Waals surface area contributed by atoms with Crippen LogP contribution in [0.1, 0.15) is 11.7 Å². The minimum Gasteiger partial charge on any atom is -0.378 e. The van der Waals surface area contributed by atoms with Gasteiger partial charge in [-0.25, -0.2) is 0 Å². The molecule has 0 N–H and O–H groups in total. The van der Waals surface area contributed by atoms with Crippen molar-refractivity contribution in [2.24, 2.45) is 0 Å². The van der Waals surface area contributed by atoms with Gasteiger partial charge in [-0.2, -0.15) is 0 Å². The molecule has 0 fully saturated rings. The zero-order chi connectivity index (χ0) is 21.0. The summed E-state index contributed by atoms with van der Waals surface area (Å²) in [6, 6.07) is 11.5. The Morgan fingerprint density at radius 1 is 0.690 bits per heavy atom. The molecule has 6 nitrogen and oxygen atoms in total. The van der Waals surface area contributed by atoms with Crippen molar-refractivity contribution in [3.63, 3.8) is 0 Å². The minimum atomic E-state index is 0.165. The topological polar surface area (TPSA) is 19.4 Å². The van der Waals surface area contributed by atoms with Crippen LogP contribution in [0, 0.1) is 0 Å². The largest absolute Gasteiger partial charge is 0.378 e. The maximum atomic E-state index is 2.41. The highest BCUT2D eigenvalue weighted by Crippen LogP contribution is 2.51. The van der Waals surface area contributed by atoms with Gasteiger partial charge in [-0.15, -0.1) is 0 Å². The van der Waals surface area contributed by atoms with Crippen molar-refractivity contribution in [3.8, 4) is 0 Å². The van der Waals surface area contributed by atoms with Crippen LogP contribution in [-0.2, 0) is 0 Å². The van der Waals surface area contributed by atoms with E-state index in [-0.39, 0.29) is 6.17 Å². The molecule has 156 valence electrons. The van der Waals surface area contributed by atoms with Gasteiger partial charge in [0, 0.05) is 86.4 Å². The Morgan fingerprint density at radius 2 is 1.21 bits per heavy atom. The maximum absolute atomic E-state index is 2.41. The number of hydrogen-bond donors (Lipinski definition) is 0. The molecule has 0 aromatic heterocycles. The third-order valence-corrected chi connectivity index (χ3v) is 6.45. The number of anilines is 6. The molecule has 0 saturated carbocycles. The summed E-state index contributed by atoms with van der Waals surface area (Å²) in [6.07, 6.45) is 0.165. The second-order valence-electron chi connectivity index (χ2n) is 8.80. The molecule has 2 aromatic carbocycles. The predicted molar refractivity (Wildman–Crippen MR) is 128 cm³/mol. The van der Waals surface area contributed by atoms with Gasteiger partial charge >= 0.3 is 0 Å². The number of fused-ring (bicyclic) bond motifs is 2. The third kappa shape index (κ3) is 3.02. The Labute approximate surface area is 175 Å². The van der Waals surface area contributed by atoms with Crippen molar-refractivity contribution in [1.82, 2.24) is 0 Å². The molecular weight excluding hydrogens is 360 g/mol. The molecule has 4 rings (SSSR count). The summed E-state index contributed by atoms with van der Waals surface area (Å²) in [7, 11) is 17.3. The van der Waals surface area contributed by atoms with Crippen molar-refractivity contribution in [2.75, 3.05) is 98.9 Å². The highest BCUT2D eigenvalue weighted by molar-refractivity contribution is 5.90. The minimum absolute atomic E-state index is 0.165. The molecular formula is C23H34N6. The van der Waals surface area contributed by atoms with Crippen LogP contribution in [0.15, 0.2) is 30.3 Å². The van der Waals surface area contributed by atoms with E-state index in [9.17, 15) is 0 Å². The smallest absolute Gasteiger partial charge is 0.130 e. The van der Waals surface area contributed by atoms with Crippen LogP contribution in [0.5, 0.6) is 0 Å². The fourth-order valence-corrected chi connectivity index (χ4v) is 4.63. The van der Waals surface area contributed by atoms with Crippen molar-refractivity contribution in [1.29, 1.82) is 0 Å². The zero-order valence-corrected chi connectivity index (χ0v) is 19.1. The monoisotopic (exact) mass is 394 g/mol. The summed E-state index contributed by atoms with van der Waals surface area (Å²) < 4.78 is 0. The van der Waals surface area contributed by atoms with Gasteiger partial charge in [-0.05, 0) is 24.3 Å². The zero-order valence-electron chi connectivity index (χ0n) is 19.1. The summed E-state index contributed by atoms with van der Waals surface area (Å²) in [6.45, 7) is 2.12. The lowest BCUT2D eigenvalue weighted by atomic mass is 10.1. The lowest BCUT2D eigenvalue weighted by Crippen LogP contribution is -2.36. The summed E-state index contributed by atoms with van der Waals surface area (Å²) in [5.41, 5.74) is 9.01. The van der Waals surface area contributed by atoms with Crippen LogP contribution in [0.2, 0.25) is 0 Å². The van der Waals surface area contributed by atoms with E-state index < -0.39 is 0 Å². The summed E-state index contributed by atoms with van der Waals surface area (Å²) >= 11 is 0. The Morgan fingerprint density at radius 3 is 1.66 bits per heavy atom. The number of likely N-dealkylation sites (N-methyl/N-ethyl adjacent to an activating group) is 2. The molecule has 29 heavy (non-hydrogen) atoms. The van der Waals surface area contributed by atoms with Gasteiger partial charge in [0.25, 0.3) is 0 Å². The van der Waals surface area contributed by atoms with Crippen molar-refractivity contribution in [2.45, 2.75) is 6.17 Å². The molecule has 0 spiro atoms. The Balaban J connectivity index is 1.81. The first-order chi connectivity index (χ1) is 13.7. The van der Waals surface area contributed by atoms with E-state index in [4.69, 9.17) is 0 Å². The van der Waals surface area contributed by atoms with Crippen LogP contribution in [0.25, 0.3) is 0 Å². The fourth-order valence-electron chi connectivity index (χ4n) is 4.63. The lowest BCUT2D eigenvalue weighted by molar-refractivity contribution is 0.693.